The van der Waals surface area contributed by atoms with E-state index < -0.39 is 6.36 Å². The molecule has 0 atom stereocenters. The van der Waals surface area contributed by atoms with Crippen molar-refractivity contribution in [1.29, 1.82) is 5.26 Å². The van der Waals surface area contributed by atoms with E-state index in [0.29, 0.717) is 33.8 Å². The summed E-state index contributed by atoms with van der Waals surface area (Å²) >= 11 is 0. The molecule has 9 nitrogen and oxygen atoms in total. The van der Waals surface area contributed by atoms with Gasteiger partial charge in [-0.25, -0.2) is 4.98 Å². The number of imidazole rings is 1. The van der Waals surface area contributed by atoms with Gasteiger partial charge in [0, 0.05) is 29.9 Å². The van der Waals surface area contributed by atoms with E-state index in [1.807, 2.05) is 18.2 Å². The number of aromatic nitrogens is 4. The van der Waals surface area contributed by atoms with Gasteiger partial charge in [0.2, 0.25) is 17.7 Å². The minimum Gasteiger partial charge on any atom is -0.480 e. The number of anilines is 1. The van der Waals surface area contributed by atoms with Crippen LogP contribution >= 0.6 is 0 Å². The first kappa shape index (κ1) is 23.7. The van der Waals surface area contributed by atoms with Gasteiger partial charge in [0.15, 0.2) is 0 Å². The maximum Gasteiger partial charge on any atom is 0.573 e. The Morgan fingerprint density at radius 3 is 2.43 bits per heavy atom. The van der Waals surface area contributed by atoms with Crippen LogP contribution in [0.5, 0.6) is 11.6 Å². The lowest BCUT2D eigenvalue weighted by Gasteiger charge is -2.11. The molecule has 0 fully saturated rings. The van der Waals surface area contributed by atoms with Gasteiger partial charge in [-0.1, -0.05) is 6.07 Å². The number of halogens is 3. The number of ether oxygens (including phenoxy) is 2. The molecular weight excluding hydrogens is 487 g/mol. The highest BCUT2D eigenvalue weighted by Gasteiger charge is 2.31. The molecule has 0 aliphatic carbocycles. The standard InChI is InChI=1S/C25H18F3N7O2/c1-34-21-12-31-20-8-3-14(15-10-19(30)23(36-2)32-11-15)9-18(20)22(21)35(24(34)33-13-29)16-4-6-17(7-5-16)37-25(26,27)28/h3-12H,30H2,1-2H3/b33-24-. The molecule has 2 aromatic carbocycles. The highest BCUT2D eigenvalue weighted by atomic mass is 19.4. The summed E-state index contributed by atoms with van der Waals surface area (Å²) in [4.78, 5) is 12.8. The summed E-state index contributed by atoms with van der Waals surface area (Å²) in [7, 11) is 3.21. The Hall–Kier alpha value is -5.05. The molecule has 0 bridgehead atoms. The number of nitrogens with two attached hydrogens (primary N) is 1. The van der Waals surface area contributed by atoms with E-state index in [-0.39, 0.29) is 11.4 Å². The quantitative estimate of drug-likeness (QED) is 0.361. The molecule has 0 saturated carbocycles. The molecule has 0 aliphatic heterocycles. The van der Waals surface area contributed by atoms with Crippen LogP contribution in [-0.4, -0.2) is 32.6 Å². The molecule has 3 heterocycles. The molecular formula is C25H18F3N7O2. The number of aryl methyl sites for hydroxylation is 1. The first-order chi connectivity index (χ1) is 17.7. The maximum atomic E-state index is 12.7. The number of benzene rings is 2. The van der Waals surface area contributed by atoms with Gasteiger partial charge in [-0.05, 0) is 48.0 Å². The third kappa shape index (κ3) is 4.27. The Bertz CT molecular complexity index is 1770. The predicted octanol–water partition coefficient (Wildman–Crippen LogP) is 4.45. The van der Waals surface area contributed by atoms with Crippen molar-refractivity contribution in [2.75, 3.05) is 12.8 Å². The molecule has 12 heteroatoms. The third-order valence-electron chi connectivity index (χ3n) is 5.79. The van der Waals surface area contributed by atoms with E-state index in [4.69, 9.17) is 10.5 Å². The van der Waals surface area contributed by atoms with E-state index in [0.717, 1.165) is 16.5 Å². The third-order valence-corrected chi connectivity index (χ3v) is 5.79. The van der Waals surface area contributed by atoms with Crippen LogP contribution in [0, 0.1) is 11.5 Å². The lowest BCUT2D eigenvalue weighted by atomic mass is 10.0. The number of nitriles is 1. The zero-order valence-electron chi connectivity index (χ0n) is 19.5. The fourth-order valence-electron chi connectivity index (χ4n) is 4.19. The van der Waals surface area contributed by atoms with Crippen molar-refractivity contribution < 1.29 is 22.6 Å². The number of alkyl halides is 3. The number of hydrogen-bond donors (Lipinski definition) is 1. The fraction of sp³-hybridized carbons (Fsp3) is 0.120. The average molecular weight is 505 g/mol. The van der Waals surface area contributed by atoms with Gasteiger partial charge in [-0.15, -0.1) is 18.2 Å². The molecule has 0 spiro atoms. The molecule has 0 amide bonds. The van der Waals surface area contributed by atoms with Crippen LogP contribution in [0.2, 0.25) is 0 Å². The van der Waals surface area contributed by atoms with Crippen LogP contribution in [0.15, 0.2) is 65.9 Å². The molecule has 186 valence electrons. The summed E-state index contributed by atoms with van der Waals surface area (Å²) in [5.74, 6) is -0.0514. The summed E-state index contributed by atoms with van der Waals surface area (Å²) in [5.41, 5.74) is 10.7. The molecule has 37 heavy (non-hydrogen) atoms. The minimum atomic E-state index is -4.81. The zero-order chi connectivity index (χ0) is 26.3. The lowest BCUT2D eigenvalue weighted by Crippen LogP contribution is -2.23. The van der Waals surface area contributed by atoms with Gasteiger partial charge in [-0.3, -0.25) is 9.55 Å². The predicted molar refractivity (Wildman–Crippen MR) is 130 cm³/mol. The molecule has 0 unspecified atom stereocenters. The number of hydrogen-bond acceptors (Lipinski definition) is 7. The molecule has 2 N–H and O–H groups in total. The smallest absolute Gasteiger partial charge is 0.480 e. The fourth-order valence-corrected chi connectivity index (χ4v) is 4.19. The van der Waals surface area contributed by atoms with Crippen molar-refractivity contribution in [3.63, 3.8) is 0 Å². The molecule has 0 saturated heterocycles. The lowest BCUT2D eigenvalue weighted by molar-refractivity contribution is -0.274. The number of nitrogen functional groups attached to an aromatic ring is 1. The molecule has 0 radical (unpaired) electrons. The first-order valence-electron chi connectivity index (χ1n) is 10.8. The Balaban J connectivity index is 1.78. The Kier molecular flexibility index (Phi) is 5.68. The van der Waals surface area contributed by atoms with Crippen LogP contribution < -0.4 is 20.8 Å². The van der Waals surface area contributed by atoms with Crippen LogP contribution in [0.3, 0.4) is 0 Å². The molecule has 0 aliphatic rings. The van der Waals surface area contributed by atoms with Crippen LogP contribution in [0.4, 0.5) is 18.9 Å². The second kappa shape index (κ2) is 8.87. The normalized spacial score (nSPS) is 12.2. The molecule has 3 aromatic heterocycles. The second-order valence-corrected chi connectivity index (χ2v) is 7.99. The number of rotatable bonds is 4. The summed E-state index contributed by atoms with van der Waals surface area (Å²) in [6.07, 6.45) is 0.273. The summed E-state index contributed by atoms with van der Waals surface area (Å²) in [6.45, 7) is 0. The van der Waals surface area contributed by atoms with Crippen molar-refractivity contribution in [3.8, 4) is 34.6 Å². The van der Waals surface area contributed by atoms with Crippen molar-refractivity contribution in [2.45, 2.75) is 6.36 Å². The van der Waals surface area contributed by atoms with E-state index in [2.05, 4.69) is 19.7 Å². The number of methoxy groups -OCH3 is 1. The Morgan fingerprint density at radius 2 is 1.78 bits per heavy atom. The minimum absolute atomic E-state index is 0.261. The van der Waals surface area contributed by atoms with Crippen LogP contribution in [-0.2, 0) is 7.05 Å². The zero-order valence-corrected chi connectivity index (χ0v) is 19.5. The average Bonchev–Trinajstić information content (AvgIpc) is 3.15. The van der Waals surface area contributed by atoms with Gasteiger partial charge in [0.25, 0.3) is 0 Å². The molecule has 5 rings (SSSR count). The van der Waals surface area contributed by atoms with Gasteiger partial charge < -0.3 is 19.8 Å². The Labute approximate surface area is 207 Å². The van der Waals surface area contributed by atoms with Gasteiger partial charge in [0.1, 0.15) is 5.75 Å². The van der Waals surface area contributed by atoms with Crippen LogP contribution in [0.1, 0.15) is 0 Å². The largest absolute Gasteiger partial charge is 0.573 e. The maximum absolute atomic E-state index is 12.7. The number of nitrogens with zero attached hydrogens (tertiary/aromatic N) is 6. The highest BCUT2D eigenvalue weighted by Crippen LogP contribution is 2.32. The van der Waals surface area contributed by atoms with E-state index in [1.165, 1.54) is 31.4 Å². The van der Waals surface area contributed by atoms with Gasteiger partial charge in [-0.2, -0.15) is 5.26 Å². The topological polar surface area (TPSA) is 116 Å². The SMILES string of the molecule is COc1ncc(-c2ccc3ncc4c(c3c2)n(-c2ccc(OC(F)(F)F)cc2)/c(=N\C#N)n4C)cc1N. The van der Waals surface area contributed by atoms with E-state index in [9.17, 15) is 18.4 Å². The summed E-state index contributed by atoms with van der Waals surface area (Å²) < 4.78 is 50.5. The summed E-state index contributed by atoms with van der Waals surface area (Å²) in [5, 5.41) is 10.1. The van der Waals surface area contributed by atoms with Crippen molar-refractivity contribution >= 4 is 27.6 Å². The monoisotopic (exact) mass is 505 g/mol. The van der Waals surface area contributed by atoms with Crippen molar-refractivity contribution in [1.82, 2.24) is 19.1 Å². The van der Waals surface area contributed by atoms with Gasteiger partial charge >= 0.3 is 6.36 Å². The van der Waals surface area contributed by atoms with Crippen molar-refractivity contribution in [3.05, 3.63) is 66.5 Å². The number of fused-ring (bicyclic) bond motifs is 3. The molecule has 5 aromatic rings. The van der Waals surface area contributed by atoms with Crippen molar-refractivity contribution in [2.24, 2.45) is 12.0 Å². The van der Waals surface area contributed by atoms with Gasteiger partial charge in [0.05, 0.1) is 35.5 Å². The summed E-state index contributed by atoms with van der Waals surface area (Å²) in [6, 6.07) is 12.7. The highest BCUT2D eigenvalue weighted by molar-refractivity contribution is 6.04. The second-order valence-electron chi connectivity index (χ2n) is 7.99. The first-order valence-corrected chi connectivity index (χ1v) is 10.8. The number of pyridine rings is 2. The Morgan fingerprint density at radius 1 is 1.03 bits per heavy atom. The van der Waals surface area contributed by atoms with E-state index >= 15 is 0 Å². The van der Waals surface area contributed by atoms with Crippen LogP contribution in [0.25, 0.3) is 38.8 Å². The van der Waals surface area contributed by atoms with E-state index in [1.54, 1.807) is 40.8 Å².